The van der Waals surface area contributed by atoms with E-state index in [0.717, 1.165) is 11.1 Å². The highest BCUT2D eigenvalue weighted by Crippen LogP contribution is 2.26. The molecule has 0 aliphatic carbocycles. The number of hydrogen-bond donors (Lipinski definition) is 2. The Balaban J connectivity index is 2.04. The number of rotatable bonds is 2. The fraction of sp³-hybridized carbons (Fsp3) is 0.0714. The van der Waals surface area contributed by atoms with Gasteiger partial charge in [-0.3, -0.25) is 10.3 Å². The highest BCUT2D eigenvalue weighted by atomic mass is 16.4. The highest BCUT2D eigenvalue weighted by molar-refractivity contribution is 5.87. The van der Waals surface area contributed by atoms with Crippen molar-refractivity contribution in [2.45, 2.75) is 6.92 Å². The maximum atomic E-state index is 10.6. The molecule has 2 aromatic heterocycles. The molecular formula is C14H11N3O3. The van der Waals surface area contributed by atoms with Gasteiger partial charge in [-0.15, -0.1) is 0 Å². The lowest BCUT2D eigenvalue weighted by atomic mass is 10.2. The number of carbonyl (C=O) groups is 1. The molecule has 3 aromatic rings. The third-order valence-electron chi connectivity index (χ3n) is 2.76. The molecule has 1 amide bonds. The van der Waals surface area contributed by atoms with E-state index >= 15 is 0 Å². The molecule has 2 heterocycles. The average Bonchev–Trinajstić information content (AvgIpc) is 2.81. The SMILES string of the molecule is Cc1cncc(-c2nc3cc(NC(=O)O)ccc3o2)c1. The van der Waals surface area contributed by atoms with Gasteiger partial charge >= 0.3 is 6.09 Å². The molecule has 0 spiro atoms. The lowest BCUT2D eigenvalue weighted by molar-refractivity contribution is 0.210. The number of aromatic nitrogens is 2. The summed E-state index contributed by atoms with van der Waals surface area (Å²) in [5.74, 6) is 0.462. The van der Waals surface area contributed by atoms with Crippen molar-refractivity contribution in [1.29, 1.82) is 0 Å². The van der Waals surface area contributed by atoms with Crippen molar-refractivity contribution in [2.24, 2.45) is 0 Å². The van der Waals surface area contributed by atoms with Crippen LogP contribution in [-0.4, -0.2) is 21.2 Å². The van der Waals surface area contributed by atoms with Crippen LogP contribution in [0.15, 0.2) is 41.1 Å². The standard InChI is InChI=1S/C14H11N3O3/c1-8-4-9(7-15-6-8)13-17-11-5-10(16-14(18)19)2-3-12(11)20-13/h2-7,16H,1H3,(H,18,19). The third kappa shape index (κ3) is 2.31. The van der Waals surface area contributed by atoms with E-state index in [1.54, 1.807) is 30.6 Å². The summed E-state index contributed by atoms with van der Waals surface area (Å²) in [6, 6.07) is 6.86. The van der Waals surface area contributed by atoms with E-state index in [1.165, 1.54) is 0 Å². The number of oxazole rings is 1. The molecule has 100 valence electrons. The smallest absolute Gasteiger partial charge is 0.409 e. The Labute approximate surface area is 114 Å². The number of fused-ring (bicyclic) bond motifs is 1. The zero-order valence-electron chi connectivity index (χ0n) is 10.6. The quantitative estimate of drug-likeness (QED) is 0.745. The molecule has 0 radical (unpaired) electrons. The van der Waals surface area contributed by atoms with Crippen molar-refractivity contribution in [3.63, 3.8) is 0 Å². The van der Waals surface area contributed by atoms with Crippen molar-refractivity contribution < 1.29 is 14.3 Å². The predicted octanol–water partition coefficient (Wildman–Crippen LogP) is 3.29. The monoisotopic (exact) mass is 269 g/mol. The molecule has 3 rings (SSSR count). The van der Waals surface area contributed by atoms with Crippen LogP contribution in [0.25, 0.3) is 22.6 Å². The number of anilines is 1. The lowest BCUT2D eigenvalue weighted by Gasteiger charge is -1.98. The maximum Gasteiger partial charge on any atom is 0.409 e. The van der Waals surface area contributed by atoms with Gasteiger partial charge in [0, 0.05) is 18.1 Å². The molecular weight excluding hydrogens is 258 g/mol. The Bertz CT molecular complexity index is 795. The Morgan fingerprint density at radius 1 is 1.30 bits per heavy atom. The fourth-order valence-electron chi connectivity index (χ4n) is 1.92. The molecule has 0 atom stereocenters. The maximum absolute atomic E-state index is 10.6. The summed E-state index contributed by atoms with van der Waals surface area (Å²) in [4.78, 5) is 19.1. The van der Waals surface area contributed by atoms with Gasteiger partial charge in [0.1, 0.15) is 5.52 Å². The van der Waals surface area contributed by atoms with Gasteiger partial charge in [0.05, 0.1) is 5.56 Å². The summed E-state index contributed by atoms with van der Waals surface area (Å²) in [6.45, 7) is 1.94. The van der Waals surface area contributed by atoms with Crippen molar-refractivity contribution >= 4 is 22.9 Å². The minimum atomic E-state index is -1.11. The molecule has 0 aliphatic heterocycles. The second-order valence-electron chi connectivity index (χ2n) is 4.38. The number of amides is 1. The van der Waals surface area contributed by atoms with Gasteiger partial charge in [-0.2, -0.15) is 0 Å². The van der Waals surface area contributed by atoms with Gasteiger partial charge in [-0.25, -0.2) is 9.78 Å². The highest BCUT2D eigenvalue weighted by Gasteiger charge is 2.10. The van der Waals surface area contributed by atoms with Gasteiger partial charge in [-0.1, -0.05) is 0 Å². The minimum absolute atomic E-state index is 0.451. The molecule has 20 heavy (non-hydrogen) atoms. The zero-order chi connectivity index (χ0) is 14.1. The van der Waals surface area contributed by atoms with Crippen molar-refractivity contribution in [2.75, 3.05) is 5.32 Å². The molecule has 0 bridgehead atoms. The first kappa shape index (κ1) is 12.2. The second-order valence-corrected chi connectivity index (χ2v) is 4.38. The van der Waals surface area contributed by atoms with Gasteiger partial charge in [0.15, 0.2) is 5.58 Å². The van der Waals surface area contributed by atoms with Crippen molar-refractivity contribution in [3.8, 4) is 11.5 Å². The molecule has 0 saturated carbocycles. The van der Waals surface area contributed by atoms with E-state index in [4.69, 9.17) is 9.52 Å². The molecule has 0 fully saturated rings. The van der Waals surface area contributed by atoms with Crippen LogP contribution in [-0.2, 0) is 0 Å². The number of hydrogen-bond acceptors (Lipinski definition) is 4. The predicted molar refractivity (Wildman–Crippen MR) is 73.6 cm³/mol. The van der Waals surface area contributed by atoms with E-state index in [2.05, 4.69) is 15.3 Å². The molecule has 6 heteroatoms. The van der Waals surface area contributed by atoms with Gasteiger partial charge in [-0.05, 0) is 36.8 Å². The van der Waals surface area contributed by atoms with Crippen LogP contribution in [0.1, 0.15) is 5.56 Å². The topological polar surface area (TPSA) is 88.2 Å². The molecule has 0 aliphatic rings. The van der Waals surface area contributed by atoms with Crippen molar-refractivity contribution in [3.05, 3.63) is 42.2 Å². The van der Waals surface area contributed by atoms with E-state index in [9.17, 15) is 4.79 Å². The third-order valence-corrected chi connectivity index (χ3v) is 2.76. The van der Waals surface area contributed by atoms with Gasteiger partial charge < -0.3 is 9.52 Å². The summed E-state index contributed by atoms with van der Waals surface area (Å²) in [7, 11) is 0. The van der Waals surface area contributed by atoms with E-state index < -0.39 is 6.09 Å². The van der Waals surface area contributed by atoms with E-state index in [-0.39, 0.29) is 0 Å². The summed E-state index contributed by atoms with van der Waals surface area (Å²) >= 11 is 0. The van der Waals surface area contributed by atoms with Crippen LogP contribution >= 0.6 is 0 Å². The van der Waals surface area contributed by atoms with Crippen LogP contribution in [0.4, 0.5) is 10.5 Å². The number of aryl methyl sites for hydroxylation is 1. The van der Waals surface area contributed by atoms with Gasteiger partial charge in [0.2, 0.25) is 5.89 Å². The summed E-state index contributed by atoms with van der Waals surface area (Å²) in [6.07, 6.45) is 2.31. The number of benzene rings is 1. The first-order chi connectivity index (χ1) is 9.61. The molecule has 6 nitrogen and oxygen atoms in total. The summed E-state index contributed by atoms with van der Waals surface area (Å²) in [5.41, 5.74) is 3.43. The van der Waals surface area contributed by atoms with Crippen LogP contribution in [0.2, 0.25) is 0 Å². The first-order valence-electron chi connectivity index (χ1n) is 5.94. The lowest BCUT2D eigenvalue weighted by Crippen LogP contribution is -2.06. The van der Waals surface area contributed by atoms with Crippen LogP contribution < -0.4 is 5.32 Å². The molecule has 0 saturated heterocycles. The van der Waals surface area contributed by atoms with E-state index in [0.29, 0.717) is 22.7 Å². The Morgan fingerprint density at radius 3 is 2.90 bits per heavy atom. The van der Waals surface area contributed by atoms with Crippen molar-refractivity contribution in [1.82, 2.24) is 9.97 Å². The average molecular weight is 269 g/mol. The van der Waals surface area contributed by atoms with Crippen LogP contribution in [0.3, 0.4) is 0 Å². The fourth-order valence-corrected chi connectivity index (χ4v) is 1.92. The van der Waals surface area contributed by atoms with E-state index in [1.807, 2.05) is 13.0 Å². The largest absolute Gasteiger partial charge is 0.465 e. The minimum Gasteiger partial charge on any atom is -0.465 e. The van der Waals surface area contributed by atoms with Crippen LogP contribution in [0, 0.1) is 6.92 Å². The normalized spacial score (nSPS) is 10.7. The first-order valence-corrected chi connectivity index (χ1v) is 5.94. The number of pyridine rings is 1. The second kappa shape index (κ2) is 4.65. The molecule has 1 aromatic carbocycles. The summed E-state index contributed by atoms with van der Waals surface area (Å²) in [5, 5.41) is 11.0. The zero-order valence-corrected chi connectivity index (χ0v) is 10.6. The Hall–Kier alpha value is -2.89. The molecule has 0 unspecified atom stereocenters. The molecule has 2 N–H and O–H groups in total. The van der Waals surface area contributed by atoms with Crippen LogP contribution in [0.5, 0.6) is 0 Å². The summed E-state index contributed by atoms with van der Waals surface area (Å²) < 4.78 is 5.64. The van der Waals surface area contributed by atoms with Gasteiger partial charge in [0.25, 0.3) is 0 Å². The number of nitrogens with zero attached hydrogens (tertiary/aromatic N) is 2. The Morgan fingerprint density at radius 2 is 2.15 bits per heavy atom. The number of nitrogens with one attached hydrogen (secondary N) is 1. The number of carboxylic acid groups (broad SMARTS) is 1. The Kier molecular flexibility index (Phi) is 2.83.